The van der Waals surface area contributed by atoms with Crippen LogP contribution in [0, 0.1) is 11.3 Å². The minimum atomic E-state index is 0.172. The highest BCUT2D eigenvalue weighted by Crippen LogP contribution is 2.32. The lowest BCUT2D eigenvalue weighted by molar-refractivity contribution is 1.18. The Balaban J connectivity index is 2.29. The fraction of sp³-hybridized carbons (Fsp3) is 0. The van der Waals surface area contributed by atoms with Crippen LogP contribution >= 0.6 is 11.3 Å². The Hall–Kier alpha value is -2.71. The summed E-state index contributed by atoms with van der Waals surface area (Å²) in [5.74, 6) is 0.172. The summed E-state index contributed by atoms with van der Waals surface area (Å²) >= 11 is 1.52. The van der Waals surface area contributed by atoms with Crippen molar-refractivity contribution in [3.63, 3.8) is 0 Å². The fourth-order valence-electron chi connectivity index (χ4n) is 1.98. The predicted molar refractivity (Wildman–Crippen MR) is 79.9 cm³/mol. The first-order valence-corrected chi connectivity index (χ1v) is 6.84. The second-order valence-corrected chi connectivity index (χ2v) is 5.06. The van der Waals surface area contributed by atoms with Gasteiger partial charge in [-0.1, -0.05) is 36.4 Å². The number of nitrogens with two attached hydrogens (primary N) is 1. The molecule has 3 rings (SSSR count). The molecule has 0 saturated heterocycles. The maximum atomic E-state index is 9.48. The van der Waals surface area contributed by atoms with E-state index in [1.54, 1.807) is 0 Å². The third-order valence-electron chi connectivity index (χ3n) is 2.84. The van der Waals surface area contributed by atoms with Crippen molar-refractivity contribution in [1.29, 1.82) is 5.26 Å². The molecule has 0 spiro atoms. The number of thiophene rings is 1. The second-order valence-electron chi connectivity index (χ2n) is 4.11. The summed E-state index contributed by atoms with van der Waals surface area (Å²) in [5.41, 5.74) is 8.27. The molecule has 0 aliphatic carbocycles. The zero-order chi connectivity index (χ0) is 13.9. The molecule has 2 aromatic heterocycles. The summed E-state index contributed by atoms with van der Waals surface area (Å²) in [5, 5.41) is 11.4. The normalized spacial score (nSPS) is 10.2. The van der Waals surface area contributed by atoms with Gasteiger partial charge < -0.3 is 5.73 Å². The molecule has 1 aromatic carbocycles. The van der Waals surface area contributed by atoms with Crippen LogP contribution in [0.5, 0.6) is 0 Å². The highest BCUT2D eigenvalue weighted by Gasteiger charge is 2.16. The molecule has 2 N–H and O–H groups in total. The van der Waals surface area contributed by atoms with E-state index < -0.39 is 0 Å². The molecule has 0 fully saturated rings. The lowest BCUT2D eigenvalue weighted by Crippen LogP contribution is -2.02. The van der Waals surface area contributed by atoms with Crippen LogP contribution in [0.2, 0.25) is 0 Å². The molecule has 0 amide bonds. The summed E-state index contributed by atoms with van der Waals surface area (Å²) in [4.78, 5) is 9.37. The van der Waals surface area contributed by atoms with Crippen LogP contribution in [0.1, 0.15) is 5.56 Å². The van der Waals surface area contributed by atoms with Gasteiger partial charge >= 0.3 is 0 Å². The second kappa shape index (κ2) is 5.11. The minimum absolute atomic E-state index is 0.172. The third kappa shape index (κ3) is 2.13. The van der Waals surface area contributed by atoms with Gasteiger partial charge in [-0.3, -0.25) is 0 Å². The lowest BCUT2D eigenvalue weighted by atomic mass is 10.0. The standard InChI is InChI=1S/C15H10N4S/c16-9-11-13(10-5-2-1-3-6-10)18-15(17)19-14(11)12-7-4-8-20-12/h1-8H,(H2,17,18,19). The van der Waals surface area contributed by atoms with Gasteiger partial charge in [-0.2, -0.15) is 5.26 Å². The number of hydrogen-bond acceptors (Lipinski definition) is 5. The summed E-state index contributed by atoms with van der Waals surface area (Å²) in [7, 11) is 0. The molecule has 0 saturated carbocycles. The van der Waals surface area contributed by atoms with Crippen molar-refractivity contribution in [3.05, 3.63) is 53.4 Å². The van der Waals surface area contributed by atoms with E-state index in [4.69, 9.17) is 5.73 Å². The summed E-state index contributed by atoms with van der Waals surface area (Å²) in [6, 6.07) is 15.6. The van der Waals surface area contributed by atoms with Gasteiger partial charge in [0, 0.05) is 5.56 Å². The Kier molecular flexibility index (Phi) is 3.15. The summed E-state index contributed by atoms with van der Waals surface area (Å²) < 4.78 is 0. The van der Waals surface area contributed by atoms with E-state index in [1.165, 1.54) is 11.3 Å². The van der Waals surface area contributed by atoms with Crippen molar-refractivity contribution in [2.45, 2.75) is 0 Å². The number of nitrogen functional groups attached to an aromatic ring is 1. The average molecular weight is 278 g/mol. The van der Waals surface area contributed by atoms with E-state index in [2.05, 4.69) is 16.0 Å². The SMILES string of the molecule is N#Cc1c(-c2ccccc2)nc(N)nc1-c1cccs1. The van der Waals surface area contributed by atoms with Crippen LogP contribution in [0.25, 0.3) is 21.8 Å². The van der Waals surface area contributed by atoms with E-state index in [9.17, 15) is 5.26 Å². The number of aromatic nitrogens is 2. The third-order valence-corrected chi connectivity index (χ3v) is 3.72. The molecule has 4 nitrogen and oxygen atoms in total. The molecule has 0 aliphatic heterocycles. The Morgan fingerprint density at radius 3 is 2.40 bits per heavy atom. The van der Waals surface area contributed by atoms with Gasteiger partial charge in [0.1, 0.15) is 17.3 Å². The Labute approximate surface area is 120 Å². The van der Waals surface area contributed by atoms with Gasteiger partial charge in [0.15, 0.2) is 0 Å². The van der Waals surface area contributed by atoms with Crippen molar-refractivity contribution in [2.24, 2.45) is 0 Å². The smallest absolute Gasteiger partial charge is 0.221 e. The lowest BCUT2D eigenvalue weighted by Gasteiger charge is -2.08. The van der Waals surface area contributed by atoms with Crippen molar-refractivity contribution in [3.8, 4) is 27.9 Å². The van der Waals surface area contributed by atoms with Crippen molar-refractivity contribution in [2.75, 3.05) is 5.73 Å². The first kappa shape index (κ1) is 12.3. The van der Waals surface area contributed by atoms with Crippen molar-refractivity contribution >= 4 is 17.3 Å². The highest BCUT2D eigenvalue weighted by atomic mass is 32.1. The van der Waals surface area contributed by atoms with Crippen LogP contribution in [-0.2, 0) is 0 Å². The van der Waals surface area contributed by atoms with Gasteiger partial charge in [0.05, 0.1) is 10.6 Å². The van der Waals surface area contributed by atoms with Gasteiger partial charge in [-0.05, 0) is 11.4 Å². The molecule has 96 valence electrons. The van der Waals surface area contributed by atoms with Gasteiger partial charge in [0.2, 0.25) is 5.95 Å². The first-order chi connectivity index (χ1) is 9.79. The molecule has 0 atom stereocenters. The average Bonchev–Trinajstić information content (AvgIpc) is 3.01. The van der Waals surface area contributed by atoms with E-state index in [0.717, 1.165) is 10.4 Å². The van der Waals surface area contributed by atoms with Gasteiger partial charge in [-0.25, -0.2) is 9.97 Å². The van der Waals surface area contributed by atoms with Crippen molar-refractivity contribution in [1.82, 2.24) is 9.97 Å². The summed E-state index contributed by atoms with van der Waals surface area (Å²) in [6.07, 6.45) is 0. The topological polar surface area (TPSA) is 75.6 Å². The molecular weight excluding hydrogens is 268 g/mol. The van der Waals surface area contributed by atoms with E-state index in [1.807, 2.05) is 47.8 Å². The molecule has 0 radical (unpaired) electrons. The molecule has 2 heterocycles. The van der Waals surface area contributed by atoms with Crippen LogP contribution < -0.4 is 5.73 Å². The largest absolute Gasteiger partial charge is 0.368 e. The molecule has 0 aliphatic rings. The molecule has 3 aromatic rings. The fourth-order valence-corrected chi connectivity index (χ4v) is 2.70. The van der Waals surface area contributed by atoms with Crippen LogP contribution in [-0.4, -0.2) is 9.97 Å². The molecule has 20 heavy (non-hydrogen) atoms. The summed E-state index contributed by atoms with van der Waals surface area (Å²) in [6.45, 7) is 0. The number of rotatable bonds is 2. The molecular formula is C15H10N4S. The van der Waals surface area contributed by atoms with Gasteiger partial charge in [-0.15, -0.1) is 11.3 Å². The van der Waals surface area contributed by atoms with E-state index in [-0.39, 0.29) is 5.95 Å². The number of nitrogens with zero attached hydrogens (tertiary/aromatic N) is 3. The van der Waals surface area contributed by atoms with Crippen LogP contribution in [0.3, 0.4) is 0 Å². The maximum Gasteiger partial charge on any atom is 0.221 e. The predicted octanol–water partition coefficient (Wildman–Crippen LogP) is 3.33. The number of anilines is 1. The first-order valence-electron chi connectivity index (χ1n) is 5.96. The Morgan fingerprint density at radius 2 is 1.75 bits per heavy atom. The molecule has 5 heteroatoms. The Bertz CT molecular complexity index is 774. The maximum absolute atomic E-state index is 9.48. The number of benzene rings is 1. The monoisotopic (exact) mass is 278 g/mol. The van der Waals surface area contributed by atoms with Gasteiger partial charge in [0.25, 0.3) is 0 Å². The number of nitriles is 1. The number of hydrogen-bond donors (Lipinski definition) is 1. The van der Waals surface area contributed by atoms with Crippen molar-refractivity contribution < 1.29 is 0 Å². The molecule has 0 bridgehead atoms. The zero-order valence-corrected chi connectivity index (χ0v) is 11.3. The highest BCUT2D eigenvalue weighted by molar-refractivity contribution is 7.13. The van der Waals surface area contributed by atoms with E-state index >= 15 is 0 Å². The van der Waals surface area contributed by atoms with E-state index in [0.29, 0.717) is 17.0 Å². The van der Waals surface area contributed by atoms with Crippen LogP contribution in [0.15, 0.2) is 47.8 Å². The zero-order valence-electron chi connectivity index (χ0n) is 10.4. The quantitative estimate of drug-likeness (QED) is 0.780. The molecule has 0 unspecified atom stereocenters. The Morgan fingerprint density at radius 1 is 1.00 bits per heavy atom. The minimum Gasteiger partial charge on any atom is -0.368 e. The van der Waals surface area contributed by atoms with Crippen LogP contribution in [0.4, 0.5) is 5.95 Å².